The Bertz CT molecular complexity index is 1160. The van der Waals surface area contributed by atoms with E-state index >= 15 is 0 Å². The van der Waals surface area contributed by atoms with E-state index in [2.05, 4.69) is 30.9 Å². The number of aryl methyl sites for hydroxylation is 1. The summed E-state index contributed by atoms with van der Waals surface area (Å²) in [5, 5.41) is 7.28. The van der Waals surface area contributed by atoms with Crippen molar-refractivity contribution in [3.63, 3.8) is 0 Å². The number of amidine groups is 1. The van der Waals surface area contributed by atoms with Crippen molar-refractivity contribution in [3.8, 4) is 0 Å². The third-order valence-corrected chi connectivity index (χ3v) is 5.20. The Morgan fingerprint density at radius 1 is 1.27 bits per heavy atom. The van der Waals surface area contributed by atoms with Crippen LogP contribution in [0, 0.1) is 12.7 Å². The van der Waals surface area contributed by atoms with Crippen LogP contribution in [0.2, 0.25) is 0 Å². The lowest BCUT2D eigenvalue weighted by molar-refractivity contribution is -0.132. The van der Waals surface area contributed by atoms with Gasteiger partial charge in [0.1, 0.15) is 17.5 Å². The second kappa shape index (κ2) is 8.68. The van der Waals surface area contributed by atoms with Crippen molar-refractivity contribution in [1.82, 2.24) is 15.3 Å². The molecule has 12 heteroatoms. The SMILES string of the molecule is CNc1ncc2c(n1)N1CCN=C1C(c1cc(NC(=O)NCCC(F)(F)F)c(F)cc1C)=C2. The van der Waals surface area contributed by atoms with E-state index in [1.54, 1.807) is 20.2 Å². The van der Waals surface area contributed by atoms with E-state index < -0.39 is 31.0 Å². The van der Waals surface area contributed by atoms with Gasteiger partial charge in [0.15, 0.2) is 0 Å². The molecule has 2 aromatic rings. The zero-order chi connectivity index (χ0) is 23.8. The number of aromatic nitrogens is 2. The number of amides is 2. The Morgan fingerprint density at radius 2 is 2.06 bits per heavy atom. The number of nitrogens with one attached hydrogen (secondary N) is 3. The van der Waals surface area contributed by atoms with Crippen LogP contribution in [-0.2, 0) is 0 Å². The van der Waals surface area contributed by atoms with Gasteiger partial charge in [-0.1, -0.05) is 0 Å². The molecule has 0 saturated heterocycles. The maximum absolute atomic E-state index is 14.6. The first-order valence-corrected chi connectivity index (χ1v) is 10.2. The average molecular weight is 463 g/mol. The second-order valence-electron chi connectivity index (χ2n) is 7.53. The monoisotopic (exact) mass is 463 g/mol. The molecule has 0 saturated carbocycles. The number of hydrogen-bond acceptors (Lipinski definition) is 6. The van der Waals surface area contributed by atoms with E-state index in [4.69, 9.17) is 0 Å². The van der Waals surface area contributed by atoms with Crippen molar-refractivity contribution in [2.24, 2.45) is 4.99 Å². The topological polar surface area (TPSA) is 94.5 Å². The van der Waals surface area contributed by atoms with Crippen LogP contribution in [0.1, 0.15) is 23.1 Å². The van der Waals surface area contributed by atoms with Crippen molar-refractivity contribution in [2.75, 3.05) is 42.2 Å². The van der Waals surface area contributed by atoms with Gasteiger partial charge in [0.2, 0.25) is 5.95 Å². The molecule has 3 heterocycles. The van der Waals surface area contributed by atoms with E-state index in [0.29, 0.717) is 47.4 Å². The van der Waals surface area contributed by atoms with Crippen LogP contribution in [0.4, 0.5) is 39.8 Å². The Morgan fingerprint density at radius 3 is 2.79 bits per heavy atom. The number of aliphatic imine (C=N–C) groups is 1. The van der Waals surface area contributed by atoms with Gasteiger partial charge in [-0.15, -0.1) is 0 Å². The van der Waals surface area contributed by atoms with Crippen LogP contribution < -0.4 is 20.9 Å². The van der Waals surface area contributed by atoms with E-state index in [1.807, 2.05) is 11.0 Å². The Labute approximate surface area is 186 Å². The van der Waals surface area contributed by atoms with Gasteiger partial charge in [-0.3, -0.25) is 4.99 Å². The van der Waals surface area contributed by atoms with Gasteiger partial charge in [0, 0.05) is 37.5 Å². The number of fused-ring (bicyclic) bond motifs is 3. The fourth-order valence-corrected chi connectivity index (χ4v) is 3.67. The van der Waals surface area contributed by atoms with E-state index in [1.165, 1.54) is 12.1 Å². The highest BCUT2D eigenvalue weighted by molar-refractivity contribution is 6.36. The summed E-state index contributed by atoms with van der Waals surface area (Å²) < 4.78 is 51.4. The highest BCUT2D eigenvalue weighted by Crippen LogP contribution is 2.37. The molecule has 4 rings (SSSR count). The summed E-state index contributed by atoms with van der Waals surface area (Å²) in [4.78, 5) is 27.3. The van der Waals surface area contributed by atoms with Crippen LogP contribution >= 0.6 is 0 Å². The normalized spacial score (nSPS) is 14.8. The minimum absolute atomic E-state index is 0.154. The first-order valence-electron chi connectivity index (χ1n) is 10.2. The number of hydrogen-bond donors (Lipinski definition) is 3. The molecule has 1 aromatic carbocycles. The summed E-state index contributed by atoms with van der Waals surface area (Å²) in [6.07, 6.45) is -2.05. The molecule has 0 atom stereocenters. The van der Waals surface area contributed by atoms with Crippen LogP contribution in [0.5, 0.6) is 0 Å². The third-order valence-electron chi connectivity index (χ3n) is 5.20. The fraction of sp³-hybridized carbons (Fsp3) is 0.333. The molecule has 0 aliphatic carbocycles. The lowest BCUT2D eigenvalue weighted by Gasteiger charge is -2.28. The molecule has 3 N–H and O–H groups in total. The molecule has 2 aliphatic rings. The maximum Gasteiger partial charge on any atom is 0.390 e. The molecule has 8 nitrogen and oxygen atoms in total. The summed E-state index contributed by atoms with van der Waals surface area (Å²) >= 11 is 0. The number of rotatable bonds is 5. The number of benzene rings is 1. The van der Waals surface area contributed by atoms with Gasteiger partial charge in [-0.2, -0.15) is 18.2 Å². The highest BCUT2D eigenvalue weighted by atomic mass is 19.4. The quantitative estimate of drug-likeness (QED) is 0.587. The number of anilines is 3. The van der Waals surface area contributed by atoms with Crippen LogP contribution in [0.15, 0.2) is 23.3 Å². The summed E-state index contributed by atoms with van der Waals surface area (Å²) in [7, 11) is 1.72. The zero-order valence-electron chi connectivity index (χ0n) is 17.8. The third kappa shape index (κ3) is 4.73. The Kier molecular flexibility index (Phi) is 5.91. The van der Waals surface area contributed by atoms with Gasteiger partial charge in [0.05, 0.1) is 18.7 Å². The van der Waals surface area contributed by atoms with E-state index in [-0.39, 0.29) is 5.69 Å². The molecule has 33 heavy (non-hydrogen) atoms. The fourth-order valence-electron chi connectivity index (χ4n) is 3.67. The van der Waals surface area contributed by atoms with Crippen molar-refractivity contribution >= 4 is 41.0 Å². The molecule has 1 aromatic heterocycles. The standard InChI is InChI=1S/C21H21F4N7O/c1-11-7-15(22)16(30-20(33)28-4-3-21(23,24)25)9-13(11)14-8-12-10-29-19(26-2)31-17(12)32-6-5-27-18(14)32/h7-10H,3-6H2,1-2H3,(H,26,29,31)(H2,28,30,33). The number of alkyl halides is 3. The number of nitrogens with zero attached hydrogens (tertiary/aromatic N) is 4. The molecule has 0 radical (unpaired) electrons. The molecule has 0 fully saturated rings. The molecule has 2 aliphatic heterocycles. The van der Waals surface area contributed by atoms with Crippen LogP contribution in [0.3, 0.4) is 0 Å². The van der Waals surface area contributed by atoms with Crippen molar-refractivity contribution < 1.29 is 22.4 Å². The summed E-state index contributed by atoms with van der Waals surface area (Å²) in [6.45, 7) is 2.28. The number of carbonyl (C=O) groups excluding carboxylic acids is 1. The van der Waals surface area contributed by atoms with Gasteiger partial charge in [-0.25, -0.2) is 14.2 Å². The van der Waals surface area contributed by atoms with E-state index in [9.17, 15) is 22.4 Å². The van der Waals surface area contributed by atoms with Gasteiger partial charge in [-0.05, 0) is 36.3 Å². The van der Waals surface area contributed by atoms with Crippen LogP contribution in [-0.4, -0.2) is 54.7 Å². The first kappa shape index (κ1) is 22.5. The van der Waals surface area contributed by atoms with Gasteiger partial charge < -0.3 is 20.9 Å². The molecular weight excluding hydrogens is 442 g/mol. The van der Waals surface area contributed by atoms with E-state index in [0.717, 1.165) is 5.56 Å². The molecular formula is C21H21F4N7O. The van der Waals surface area contributed by atoms with Gasteiger partial charge >= 0.3 is 12.2 Å². The van der Waals surface area contributed by atoms with Crippen molar-refractivity contribution in [3.05, 3.63) is 40.8 Å². The molecule has 2 amide bonds. The molecule has 0 spiro atoms. The predicted octanol–water partition coefficient (Wildman–Crippen LogP) is 3.81. The highest BCUT2D eigenvalue weighted by Gasteiger charge is 2.31. The minimum atomic E-state index is -4.40. The number of halogens is 4. The maximum atomic E-state index is 14.6. The van der Waals surface area contributed by atoms with Crippen molar-refractivity contribution in [2.45, 2.75) is 19.5 Å². The predicted molar refractivity (Wildman–Crippen MR) is 118 cm³/mol. The summed E-state index contributed by atoms with van der Waals surface area (Å²) in [5.41, 5.74) is 2.54. The lowest BCUT2D eigenvalue weighted by Crippen LogP contribution is -2.33. The number of carbonyl (C=O) groups is 1. The molecule has 0 bridgehead atoms. The smallest absolute Gasteiger partial charge is 0.357 e. The first-order chi connectivity index (χ1) is 15.7. The second-order valence-corrected chi connectivity index (χ2v) is 7.53. The summed E-state index contributed by atoms with van der Waals surface area (Å²) in [5.74, 6) is 1.14. The lowest BCUT2D eigenvalue weighted by atomic mass is 9.94. The van der Waals surface area contributed by atoms with Gasteiger partial charge in [0.25, 0.3) is 0 Å². The molecule has 0 unspecified atom stereocenters. The zero-order valence-corrected chi connectivity index (χ0v) is 17.8. The Balaban J connectivity index is 1.65. The number of urea groups is 1. The minimum Gasteiger partial charge on any atom is -0.357 e. The Hall–Kier alpha value is -3.70. The molecule has 174 valence electrons. The average Bonchev–Trinajstić information content (AvgIpc) is 3.24. The van der Waals surface area contributed by atoms with Crippen LogP contribution in [0.25, 0.3) is 11.6 Å². The van der Waals surface area contributed by atoms with Crippen molar-refractivity contribution in [1.29, 1.82) is 0 Å². The summed E-state index contributed by atoms with van der Waals surface area (Å²) in [6, 6.07) is 1.79. The largest absolute Gasteiger partial charge is 0.390 e.